The molecule has 2 aliphatic heterocycles. The van der Waals surface area contributed by atoms with Gasteiger partial charge < -0.3 is 4.90 Å². The van der Waals surface area contributed by atoms with Crippen LogP contribution in [0.2, 0.25) is 0 Å². The number of hydrogen-bond acceptors (Lipinski definition) is 6. The molecular formula is C21H21N3O5S2. The molecule has 10 heteroatoms. The summed E-state index contributed by atoms with van der Waals surface area (Å²) in [5.74, 6) is -0.136. The lowest BCUT2D eigenvalue weighted by atomic mass is 10.0. The Balaban J connectivity index is 1.49. The largest absolute Gasteiger partial charge is 0.312 e. The van der Waals surface area contributed by atoms with Crippen LogP contribution in [-0.4, -0.2) is 42.7 Å². The van der Waals surface area contributed by atoms with Gasteiger partial charge in [0.05, 0.1) is 17.2 Å². The van der Waals surface area contributed by atoms with Gasteiger partial charge in [-0.1, -0.05) is 23.9 Å². The van der Waals surface area contributed by atoms with E-state index < -0.39 is 10.0 Å². The van der Waals surface area contributed by atoms with Crippen molar-refractivity contribution in [3.63, 3.8) is 0 Å². The first kappa shape index (κ1) is 21.4. The molecule has 2 aromatic rings. The Labute approximate surface area is 184 Å². The van der Waals surface area contributed by atoms with Gasteiger partial charge in [-0.25, -0.2) is 8.42 Å². The van der Waals surface area contributed by atoms with Crippen LogP contribution in [0, 0.1) is 0 Å². The molecule has 0 unspecified atom stereocenters. The predicted molar refractivity (Wildman–Crippen MR) is 118 cm³/mol. The zero-order valence-electron chi connectivity index (χ0n) is 16.8. The standard InChI is InChI=1S/C21H21N3O5S2/c1-14(25)23-10-2-3-16-11-18(8-9-19(16)23)31(28,29)22-17-6-4-15(5-7-17)12-24-20(26)13-30-21(24)27/h4-9,11,22H,2-3,10,12-13H2,1H3. The number of benzene rings is 2. The van der Waals surface area contributed by atoms with E-state index in [9.17, 15) is 22.8 Å². The van der Waals surface area contributed by atoms with Crippen molar-refractivity contribution < 1.29 is 22.8 Å². The topological polar surface area (TPSA) is 104 Å². The van der Waals surface area contributed by atoms with Gasteiger partial charge in [0.25, 0.3) is 15.3 Å². The number of thioether (sulfide) groups is 1. The average Bonchev–Trinajstić information content (AvgIpc) is 3.06. The molecule has 1 N–H and O–H groups in total. The molecule has 162 valence electrons. The summed E-state index contributed by atoms with van der Waals surface area (Å²) in [6, 6.07) is 11.3. The number of carbonyl (C=O) groups is 3. The van der Waals surface area contributed by atoms with Crippen molar-refractivity contribution in [3.05, 3.63) is 53.6 Å². The van der Waals surface area contributed by atoms with Gasteiger partial charge in [0.15, 0.2) is 0 Å². The van der Waals surface area contributed by atoms with Gasteiger partial charge in [0.2, 0.25) is 11.8 Å². The van der Waals surface area contributed by atoms with Gasteiger partial charge in [-0.15, -0.1) is 0 Å². The minimum atomic E-state index is -3.81. The van der Waals surface area contributed by atoms with Crippen LogP contribution in [0.3, 0.4) is 0 Å². The number of anilines is 2. The summed E-state index contributed by atoms with van der Waals surface area (Å²) in [7, 11) is -3.81. The number of sulfonamides is 1. The van der Waals surface area contributed by atoms with E-state index in [1.807, 2.05) is 0 Å². The number of hydrogen-bond donors (Lipinski definition) is 1. The molecule has 0 atom stereocenters. The van der Waals surface area contributed by atoms with Crippen molar-refractivity contribution >= 4 is 50.2 Å². The molecule has 3 amide bonds. The second-order valence-corrected chi connectivity index (χ2v) is 10.0. The molecular weight excluding hydrogens is 438 g/mol. The van der Waals surface area contributed by atoms with Gasteiger partial charge in [0.1, 0.15) is 0 Å². The zero-order chi connectivity index (χ0) is 22.2. The molecule has 0 aromatic heterocycles. The molecule has 2 heterocycles. The fraction of sp³-hybridized carbons (Fsp3) is 0.286. The molecule has 0 saturated carbocycles. The molecule has 0 spiro atoms. The monoisotopic (exact) mass is 459 g/mol. The number of rotatable bonds is 5. The highest BCUT2D eigenvalue weighted by atomic mass is 32.2. The number of amides is 3. The van der Waals surface area contributed by atoms with Gasteiger partial charge >= 0.3 is 0 Å². The van der Waals surface area contributed by atoms with Crippen LogP contribution in [0.1, 0.15) is 24.5 Å². The smallest absolute Gasteiger partial charge is 0.289 e. The fourth-order valence-corrected chi connectivity index (χ4v) is 5.51. The summed E-state index contributed by atoms with van der Waals surface area (Å²) in [5.41, 5.74) is 2.69. The van der Waals surface area contributed by atoms with Crippen LogP contribution in [0.15, 0.2) is 47.4 Å². The van der Waals surface area contributed by atoms with Crippen molar-refractivity contribution in [1.29, 1.82) is 0 Å². The quantitative estimate of drug-likeness (QED) is 0.737. The summed E-state index contributed by atoms with van der Waals surface area (Å²) in [6.07, 6.45) is 1.49. The first-order valence-corrected chi connectivity index (χ1v) is 12.2. The van der Waals surface area contributed by atoms with E-state index >= 15 is 0 Å². The Bertz CT molecular complexity index is 1150. The van der Waals surface area contributed by atoms with E-state index in [0.29, 0.717) is 18.7 Å². The summed E-state index contributed by atoms with van der Waals surface area (Å²) in [4.78, 5) is 38.2. The van der Waals surface area contributed by atoms with Crippen molar-refractivity contribution in [1.82, 2.24) is 4.90 Å². The summed E-state index contributed by atoms with van der Waals surface area (Å²) < 4.78 is 28.3. The minimum absolute atomic E-state index is 0.0642. The van der Waals surface area contributed by atoms with Crippen LogP contribution in [0.25, 0.3) is 0 Å². The van der Waals surface area contributed by atoms with E-state index in [1.165, 1.54) is 17.9 Å². The Morgan fingerprint density at radius 2 is 1.87 bits per heavy atom. The maximum Gasteiger partial charge on any atom is 0.289 e. The molecule has 4 rings (SSSR count). The Morgan fingerprint density at radius 1 is 1.13 bits per heavy atom. The second kappa shape index (κ2) is 8.35. The van der Waals surface area contributed by atoms with Crippen molar-refractivity contribution in [2.45, 2.75) is 31.2 Å². The third-order valence-corrected chi connectivity index (χ3v) is 7.48. The highest BCUT2D eigenvalue weighted by Crippen LogP contribution is 2.30. The lowest BCUT2D eigenvalue weighted by Crippen LogP contribution is -2.33. The molecule has 0 bridgehead atoms. The summed E-state index contributed by atoms with van der Waals surface area (Å²) >= 11 is 0.977. The third kappa shape index (κ3) is 4.45. The molecule has 8 nitrogen and oxygen atoms in total. The summed E-state index contributed by atoms with van der Waals surface area (Å²) in [6.45, 7) is 2.29. The van der Waals surface area contributed by atoms with E-state index in [-0.39, 0.29) is 34.2 Å². The van der Waals surface area contributed by atoms with Gasteiger partial charge in [-0.2, -0.15) is 0 Å². The number of aryl methyl sites for hydroxylation is 1. The Hall–Kier alpha value is -2.85. The average molecular weight is 460 g/mol. The SMILES string of the molecule is CC(=O)N1CCCc2cc(S(=O)(=O)Nc3ccc(CN4C(=O)CSC4=O)cc3)ccc21. The number of nitrogens with zero attached hydrogens (tertiary/aromatic N) is 2. The lowest BCUT2D eigenvalue weighted by Gasteiger charge is -2.28. The van der Waals surface area contributed by atoms with Crippen molar-refractivity contribution in [2.24, 2.45) is 0 Å². The van der Waals surface area contributed by atoms with E-state index in [2.05, 4.69) is 4.72 Å². The van der Waals surface area contributed by atoms with Crippen LogP contribution in [0.4, 0.5) is 16.2 Å². The maximum atomic E-state index is 12.9. The highest BCUT2D eigenvalue weighted by Gasteiger charge is 2.29. The highest BCUT2D eigenvalue weighted by molar-refractivity contribution is 8.14. The molecule has 31 heavy (non-hydrogen) atoms. The van der Waals surface area contributed by atoms with Crippen molar-refractivity contribution in [2.75, 3.05) is 21.9 Å². The van der Waals surface area contributed by atoms with Crippen molar-refractivity contribution in [3.8, 4) is 0 Å². The van der Waals surface area contributed by atoms with Crippen LogP contribution >= 0.6 is 11.8 Å². The minimum Gasteiger partial charge on any atom is -0.312 e. The Kier molecular flexibility index (Phi) is 5.76. The fourth-order valence-electron chi connectivity index (χ4n) is 3.68. The summed E-state index contributed by atoms with van der Waals surface area (Å²) in [5, 5.41) is -0.273. The number of imide groups is 1. The second-order valence-electron chi connectivity index (χ2n) is 7.40. The van der Waals surface area contributed by atoms with Gasteiger partial charge in [-0.3, -0.25) is 24.0 Å². The first-order valence-electron chi connectivity index (χ1n) is 9.74. The molecule has 0 radical (unpaired) electrons. The number of nitrogens with one attached hydrogen (secondary N) is 1. The number of carbonyl (C=O) groups excluding carboxylic acids is 3. The Morgan fingerprint density at radius 3 is 2.52 bits per heavy atom. The lowest BCUT2D eigenvalue weighted by molar-refractivity contribution is -0.125. The molecule has 1 fully saturated rings. The molecule has 2 aliphatic rings. The van der Waals surface area contributed by atoms with Crippen LogP contribution < -0.4 is 9.62 Å². The van der Waals surface area contributed by atoms with E-state index in [0.717, 1.165) is 35.0 Å². The third-order valence-electron chi connectivity index (χ3n) is 5.25. The van der Waals surface area contributed by atoms with E-state index in [1.54, 1.807) is 41.3 Å². The predicted octanol–water partition coefficient (Wildman–Crippen LogP) is 2.98. The maximum absolute atomic E-state index is 12.9. The van der Waals surface area contributed by atoms with E-state index in [4.69, 9.17) is 0 Å². The van der Waals surface area contributed by atoms with Crippen LogP contribution in [-0.2, 0) is 32.6 Å². The molecule has 2 aromatic carbocycles. The van der Waals surface area contributed by atoms with Gasteiger partial charge in [-0.05, 0) is 54.3 Å². The zero-order valence-corrected chi connectivity index (χ0v) is 18.5. The number of fused-ring (bicyclic) bond motifs is 1. The first-order chi connectivity index (χ1) is 14.7. The molecule has 0 aliphatic carbocycles. The normalized spacial score (nSPS) is 16.4. The molecule has 1 saturated heterocycles. The van der Waals surface area contributed by atoms with Crippen LogP contribution in [0.5, 0.6) is 0 Å². The van der Waals surface area contributed by atoms with Gasteiger partial charge in [0, 0.05) is 24.8 Å².